The first-order valence-corrected chi connectivity index (χ1v) is 12.8. The van der Waals surface area contributed by atoms with Crippen molar-refractivity contribution in [3.8, 4) is 5.75 Å². The molecule has 2 aromatic carbocycles. The van der Waals surface area contributed by atoms with Crippen LogP contribution in [-0.2, 0) is 45.2 Å². The Morgan fingerprint density at radius 3 is 2.61 bits per heavy atom. The van der Waals surface area contributed by atoms with Gasteiger partial charge < -0.3 is 14.4 Å². The van der Waals surface area contributed by atoms with Crippen LogP contribution < -0.4 is 10.1 Å². The Labute approximate surface area is 211 Å². The van der Waals surface area contributed by atoms with Gasteiger partial charge in [-0.3, -0.25) is 24.6 Å². The Kier molecular flexibility index (Phi) is 7.63. The molecule has 190 valence electrons. The van der Waals surface area contributed by atoms with Crippen molar-refractivity contribution >= 4 is 17.7 Å². The molecule has 0 aliphatic carbocycles. The zero-order valence-corrected chi connectivity index (χ0v) is 20.5. The zero-order valence-electron chi connectivity index (χ0n) is 20.5. The monoisotopic (exact) mass is 491 g/mol. The van der Waals surface area contributed by atoms with E-state index in [1.54, 1.807) is 4.90 Å². The molecule has 3 heterocycles. The molecule has 2 fully saturated rings. The number of benzene rings is 2. The van der Waals surface area contributed by atoms with Crippen LogP contribution in [0.3, 0.4) is 0 Å². The number of carbonyl (C=O) groups excluding carboxylic acids is 3. The lowest BCUT2D eigenvalue weighted by atomic mass is 10.0. The summed E-state index contributed by atoms with van der Waals surface area (Å²) in [7, 11) is 0. The van der Waals surface area contributed by atoms with Crippen LogP contribution in [0.5, 0.6) is 5.75 Å². The van der Waals surface area contributed by atoms with E-state index in [0.29, 0.717) is 32.5 Å². The lowest BCUT2D eigenvalue weighted by Gasteiger charge is -2.26. The lowest BCUT2D eigenvalue weighted by Crippen LogP contribution is -2.42. The number of amides is 3. The van der Waals surface area contributed by atoms with Crippen molar-refractivity contribution in [3.63, 3.8) is 0 Å². The summed E-state index contributed by atoms with van der Waals surface area (Å²) < 4.78 is 11.6. The first-order chi connectivity index (χ1) is 17.6. The largest absolute Gasteiger partial charge is 0.493 e. The van der Waals surface area contributed by atoms with Gasteiger partial charge >= 0.3 is 0 Å². The molecule has 2 saturated heterocycles. The average molecular weight is 492 g/mol. The highest BCUT2D eigenvalue weighted by Crippen LogP contribution is 2.32. The molecule has 2 aromatic rings. The average Bonchev–Trinajstić information content (AvgIpc) is 3.25. The Balaban J connectivity index is 1.15. The van der Waals surface area contributed by atoms with Crippen molar-refractivity contribution in [2.24, 2.45) is 5.92 Å². The summed E-state index contributed by atoms with van der Waals surface area (Å²) in [5, 5.41) is 2.34. The predicted octanol–water partition coefficient (Wildman–Crippen LogP) is 2.43. The van der Waals surface area contributed by atoms with Crippen LogP contribution in [0.2, 0.25) is 0 Å². The van der Waals surface area contributed by atoms with Gasteiger partial charge in [-0.05, 0) is 35.6 Å². The SMILES string of the molecule is O=C1CCC[C@H](C(=O)N2Cc3cccc(OCCc4ccc(CN5CCOCC5)cc4)c3C2)C(=O)N1. The highest BCUT2D eigenvalue weighted by molar-refractivity contribution is 6.07. The molecule has 0 saturated carbocycles. The minimum absolute atomic E-state index is 0.221. The molecule has 0 unspecified atom stereocenters. The van der Waals surface area contributed by atoms with Gasteiger partial charge in [0.1, 0.15) is 11.7 Å². The van der Waals surface area contributed by atoms with Crippen LogP contribution >= 0.6 is 0 Å². The summed E-state index contributed by atoms with van der Waals surface area (Å²) in [5.41, 5.74) is 4.56. The zero-order chi connectivity index (χ0) is 24.9. The lowest BCUT2D eigenvalue weighted by molar-refractivity contribution is -0.143. The third-order valence-electron chi connectivity index (χ3n) is 7.21. The fourth-order valence-corrected chi connectivity index (χ4v) is 5.13. The second-order valence-electron chi connectivity index (χ2n) is 9.75. The van der Waals surface area contributed by atoms with E-state index in [1.807, 2.05) is 18.2 Å². The van der Waals surface area contributed by atoms with Gasteiger partial charge in [-0.15, -0.1) is 0 Å². The summed E-state index contributed by atoms with van der Waals surface area (Å²) in [6.45, 7) is 5.93. The van der Waals surface area contributed by atoms with Gasteiger partial charge in [0, 0.05) is 44.6 Å². The molecule has 0 radical (unpaired) electrons. The fourth-order valence-electron chi connectivity index (χ4n) is 5.13. The van der Waals surface area contributed by atoms with Crippen LogP contribution in [0.25, 0.3) is 0 Å². The van der Waals surface area contributed by atoms with Gasteiger partial charge in [-0.25, -0.2) is 0 Å². The Bertz CT molecular complexity index is 1110. The molecule has 5 rings (SSSR count). The number of rotatable bonds is 7. The molecular weight excluding hydrogens is 458 g/mol. The van der Waals surface area contributed by atoms with E-state index < -0.39 is 11.8 Å². The fraction of sp³-hybridized carbons (Fsp3) is 0.464. The van der Waals surface area contributed by atoms with Gasteiger partial charge in [0.15, 0.2) is 0 Å². The van der Waals surface area contributed by atoms with E-state index in [9.17, 15) is 14.4 Å². The van der Waals surface area contributed by atoms with E-state index >= 15 is 0 Å². The molecule has 3 amide bonds. The molecule has 0 aromatic heterocycles. The maximum absolute atomic E-state index is 13.1. The third-order valence-corrected chi connectivity index (χ3v) is 7.21. The third kappa shape index (κ3) is 5.77. The molecule has 1 N–H and O–H groups in total. The van der Waals surface area contributed by atoms with Crippen LogP contribution in [-0.4, -0.2) is 60.4 Å². The van der Waals surface area contributed by atoms with Crippen molar-refractivity contribution in [3.05, 3.63) is 64.7 Å². The van der Waals surface area contributed by atoms with Crippen molar-refractivity contribution in [2.45, 2.75) is 45.3 Å². The maximum Gasteiger partial charge on any atom is 0.239 e. The Morgan fingerprint density at radius 1 is 1.03 bits per heavy atom. The summed E-state index contributed by atoms with van der Waals surface area (Å²) in [5.74, 6) is -1.02. The van der Waals surface area contributed by atoms with E-state index in [0.717, 1.165) is 56.1 Å². The summed E-state index contributed by atoms with van der Waals surface area (Å²) in [4.78, 5) is 41.2. The second kappa shape index (κ2) is 11.2. The Hall–Kier alpha value is -3.23. The molecule has 8 nitrogen and oxygen atoms in total. The number of carbonyl (C=O) groups is 3. The van der Waals surface area contributed by atoms with E-state index in [1.165, 1.54) is 11.1 Å². The molecule has 0 bridgehead atoms. The van der Waals surface area contributed by atoms with Gasteiger partial charge in [0.05, 0.1) is 26.4 Å². The van der Waals surface area contributed by atoms with E-state index in [-0.39, 0.29) is 18.2 Å². The van der Waals surface area contributed by atoms with Crippen LogP contribution in [0.4, 0.5) is 0 Å². The smallest absolute Gasteiger partial charge is 0.239 e. The molecule has 8 heteroatoms. The molecule has 1 atom stereocenters. The van der Waals surface area contributed by atoms with Gasteiger partial charge in [-0.1, -0.05) is 36.4 Å². The highest BCUT2D eigenvalue weighted by Gasteiger charge is 2.36. The Morgan fingerprint density at radius 2 is 1.81 bits per heavy atom. The maximum atomic E-state index is 13.1. The summed E-state index contributed by atoms with van der Waals surface area (Å²) in [6.07, 6.45) is 2.01. The summed E-state index contributed by atoms with van der Waals surface area (Å²) >= 11 is 0. The van der Waals surface area contributed by atoms with Crippen LogP contribution in [0, 0.1) is 5.92 Å². The minimum atomic E-state index is -0.804. The predicted molar refractivity (Wildman–Crippen MR) is 133 cm³/mol. The quantitative estimate of drug-likeness (QED) is 0.473. The first-order valence-electron chi connectivity index (χ1n) is 12.8. The van der Waals surface area contributed by atoms with Crippen molar-refractivity contribution in [1.82, 2.24) is 15.1 Å². The van der Waals surface area contributed by atoms with Gasteiger partial charge in [-0.2, -0.15) is 0 Å². The molecule has 36 heavy (non-hydrogen) atoms. The van der Waals surface area contributed by atoms with Crippen molar-refractivity contribution < 1.29 is 23.9 Å². The van der Waals surface area contributed by atoms with Crippen LogP contribution in [0.15, 0.2) is 42.5 Å². The van der Waals surface area contributed by atoms with Crippen molar-refractivity contribution in [1.29, 1.82) is 0 Å². The molecule has 0 spiro atoms. The van der Waals surface area contributed by atoms with Crippen LogP contribution in [0.1, 0.15) is 41.5 Å². The number of nitrogens with zero attached hydrogens (tertiary/aromatic N) is 2. The molecule has 3 aliphatic heterocycles. The molecule has 3 aliphatic rings. The highest BCUT2D eigenvalue weighted by atomic mass is 16.5. The summed E-state index contributed by atoms with van der Waals surface area (Å²) in [6, 6.07) is 14.6. The van der Waals surface area contributed by atoms with E-state index in [4.69, 9.17) is 9.47 Å². The number of hydrogen-bond acceptors (Lipinski definition) is 6. The van der Waals surface area contributed by atoms with E-state index in [2.05, 4.69) is 34.5 Å². The van der Waals surface area contributed by atoms with Gasteiger partial charge in [0.25, 0.3) is 0 Å². The number of morpholine rings is 1. The standard InChI is InChI=1S/C28H33N3O5/c32-26-6-2-4-23(27(33)29-26)28(34)31-18-22-3-1-5-25(24(22)19-31)36-14-11-20-7-9-21(10-8-20)17-30-12-15-35-16-13-30/h1,3,5,7-10,23H,2,4,6,11-19H2,(H,29,32,33)/t23-/m0/s1. The normalized spacial score (nSPS) is 20.6. The molecular formula is C28H33N3O5. The number of fused-ring (bicyclic) bond motifs is 1. The first kappa shape index (κ1) is 24.5. The topological polar surface area (TPSA) is 88.2 Å². The van der Waals surface area contributed by atoms with Gasteiger partial charge in [0.2, 0.25) is 17.7 Å². The number of ether oxygens (including phenoxy) is 2. The number of imide groups is 1. The second-order valence-corrected chi connectivity index (χ2v) is 9.75. The minimum Gasteiger partial charge on any atom is -0.493 e. The number of nitrogens with one attached hydrogen (secondary N) is 1. The number of hydrogen-bond donors (Lipinski definition) is 1. The van der Waals surface area contributed by atoms with Crippen molar-refractivity contribution in [2.75, 3.05) is 32.9 Å².